The molecule has 4 nitrogen and oxygen atoms in total. The fourth-order valence-electron chi connectivity index (χ4n) is 1.90. The number of carbonyl (C=O) groups excluding carboxylic acids is 1. The highest BCUT2D eigenvalue weighted by Gasteiger charge is 2.21. The average Bonchev–Trinajstić information content (AvgIpc) is 2.93. The molecule has 2 rings (SSSR count). The smallest absolute Gasteiger partial charge is 0.238 e. The van der Waals surface area contributed by atoms with Gasteiger partial charge in [-0.3, -0.25) is 15.1 Å². The van der Waals surface area contributed by atoms with Gasteiger partial charge in [-0.25, -0.2) is 0 Å². The quantitative estimate of drug-likeness (QED) is 0.759. The van der Waals surface area contributed by atoms with Crippen molar-refractivity contribution in [3.8, 4) is 0 Å². The first-order valence-electron chi connectivity index (χ1n) is 6.34. The molecule has 1 aromatic heterocycles. The molecular weight excluding hydrogens is 246 g/mol. The van der Waals surface area contributed by atoms with E-state index in [0.29, 0.717) is 0 Å². The summed E-state index contributed by atoms with van der Waals surface area (Å²) in [7, 11) is 0. The summed E-state index contributed by atoms with van der Waals surface area (Å²) in [4.78, 5) is 15.8. The third-order valence-corrected chi connectivity index (χ3v) is 3.89. The maximum absolute atomic E-state index is 11.7. The van der Waals surface area contributed by atoms with E-state index in [-0.39, 0.29) is 11.9 Å². The van der Waals surface area contributed by atoms with Gasteiger partial charge in [0.1, 0.15) is 0 Å². The normalized spacial score (nSPS) is 18.8. The van der Waals surface area contributed by atoms with E-state index in [1.165, 1.54) is 5.56 Å². The minimum Gasteiger partial charge on any atom is -0.355 e. The Kier molecular flexibility index (Phi) is 5.48. The Bertz CT molecular complexity index is 366. The maximum atomic E-state index is 11.7. The first-order valence-corrected chi connectivity index (χ1v) is 7.49. The highest BCUT2D eigenvalue weighted by atomic mass is 32.2. The summed E-state index contributed by atoms with van der Waals surface area (Å²) >= 11 is 1.77. The largest absolute Gasteiger partial charge is 0.355 e. The number of hydrogen-bond acceptors (Lipinski definition) is 4. The van der Waals surface area contributed by atoms with Crippen LogP contribution in [0.25, 0.3) is 0 Å². The lowest BCUT2D eigenvalue weighted by Crippen LogP contribution is -2.42. The van der Waals surface area contributed by atoms with Crippen LogP contribution in [0.4, 0.5) is 0 Å². The molecule has 18 heavy (non-hydrogen) atoms. The Morgan fingerprint density at radius 1 is 1.56 bits per heavy atom. The van der Waals surface area contributed by atoms with Gasteiger partial charge in [0.15, 0.2) is 0 Å². The van der Waals surface area contributed by atoms with Gasteiger partial charge >= 0.3 is 0 Å². The van der Waals surface area contributed by atoms with Crippen LogP contribution in [0.2, 0.25) is 0 Å². The molecule has 0 radical (unpaired) electrons. The van der Waals surface area contributed by atoms with Gasteiger partial charge in [-0.05, 0) is 30.9 Å². The van der Waals surface area contributed by atoms with Gasteiger partial charge in [0.25, 0.3) is 0 Å². The number of unbranched alkanes of at least 4 members (excludes halogenated alkanes) is 1. The second-order valence-corrected chi connectivity index (χ2v) is 5.41. The van der Waals surface area contributed by atoms with Crippen molar-refractivity contribution in [2.45, 2.75) is 25.3 Å². The van der Waals surface area contributed by atoms with Crippen LogP contribution < -0.4 is 10.6 Å². The predicted octanol–water partition coefficient (Wildman–Crippen LogP) is 1.18. The summed E-state index contributed by atoms with van der Waals surface area (Å²) in [6.07, 6.45) is 6.81. The van der Waals surface area contributed by atoms with E-state index in [0.717, 1.165) is 37.4 Å². The van der Waals surface area contributed by atoms with Crippen LogP contribution >= 0.6 is 11.8 Å². The molecule has 5 heteroatoms. The van der Waals surface area contributed by atoms with Crippen molar-refractivity contribution in [3.63, 3.8) is 0 Å². The van der Waals surface area contributed by atoms with Gasteiger partial charge in [-0.1, -0.05) is 6.07 Å². The van der Waals surface area contributed by atoms with Crippen molar-refractivity contribution in [1.82, 2.24) is 15.6 Å². The summed E-state index contributed by atoms with van der Waals surface area (Å²) in [5, 5.41) is 6.15. The molecular formula is C13H19N3OS. The van der Waals surface area contributed by atoms with Crippen LogP contribution in [0, 0.1) is 0 Å². The van der Waals surface area contributed by atoms with Crippen molar-refractivity contribution in [2.75, 3.05) is 18.2 Å². The molecule has 1 atom stereocenters. The number of aromatic nitrogens is 1. The highest BCUT2D eigenvalue weighted by Crippen LogP contribution is 2.09. The Labute approximate surface area is 112 Å². The van der Waals surface area contributed by atoms with Crippen molar-refractivity contribution in [3.05, 3.63) is 30.1 Å². The molecule has 0 aromatic carbocycles. The molecule has 0 spiro atoms. The molecule has 1 aliphatic heterocycles. The van der Waals surface area contributed by atoms with E-state index in [1.807, 2.05) is 12.3 Å². The first-order chi connectivity index (χ1) is 8.86. The van der Waals surface area contributed by atoms with Crippen molar-refractivity contribution < 1.29 is 4.79 Å². The van der Waals surface area contributed by atoms with Gasteiger partial charge in [0, 0.05) is 30.6 Å². The number of hydrogen-bond donors (Lipinski definition) is 2. The fraction of sp³-hybridized carbons (Fsp3) is 0.538. The minimum absolute atomic E-state index is 0.00771. The fourth-order valence-corrected chi connectivity index (χ4v) is 2.84. The Hall–Kier alpha value is -1.07. The highest BCUT2D eigenvalue weighted by molar-refractivity contribution is 7.99. The molecule has 0 saturated carbocycles. The van der Waals surface area contributed by atoms with E-state index in [9.17, 15) is 4.79 Å². The monoisotopic (exact) mass is 265 g/mol. The van der Waals surface area contributed by atoms with E-state index in [4.69, 9.17) is 0 Å². The van der Waals surface area contributed by atoms with Gasteiger partial charge in [0.05, 0.1) is 6.04 Å². The SMILES string of the molecule is O=C(NCCCCc1cccnc1)C1CSCN1. The number of rotatable bonds is 6. The third-order valence-electron chi connectivity index (χ3n) is 2.95. The summed E-state index contributed by atoms with van der Waals surface area (Å²) in [5.74, 6) is 1.92. The summed E-state index contributed by atoms with van der Waals surface area (Å²) < 4.78 is 0. The van der Waals surface area contributed by atoms with Gasteiger partial charge < -0.3 is 5.32 Å². The molecule has 1 aliphatic rings. The molecule has 1 amide bonds. The van der Waals surface area contributed by atoms with Crippen LogP contribution in [0.1, 0.15) is 18.4 Å². The van der Waals surface area contributed by atoms with Crippen LogP contribution in [0.3, 0.4) is 0 Å². The zero-order valence-electron chi connectivity index (χ0n) is 10.4. The molecule has 0 aliphatic carbocycles. The molecule has 1 saturated heterocycles. The molecule has 2 heterocycles. The lowest BCUT2D eigenvalue weighted by atomic mass is 10.1. The predicted molar refractivity (Wildman–Crippen MR) is 74.4 cm³/mol. The summed E-state index contributed by atoms with van der Waals surface area (Å²) in [5.41, 5.74) is 1.26. The molecule has 2 N–H and O–H groups in total. The van der Waals surface area contributed by atoms with Crippen LogP contribution in [0.15, 0.2) is 24.5 Å². The number of pyridine rings is 1. The topological polar surface area (TPSA) is 54.0 Å². The lowest BCUT2D eigenvalue weighted by Gasteiger charge is -2.10. The van der Waals surface area contributed by atoms with E-state index in [2.05, 4.69) is 21.7 Å². The number of carbonyl (C=O) groups is 1. The van der Waals surface area contributed by atoms with Crippen LogP contribution in [0.5, 0.6) is 0 Å². The van der Waals surface area contributed by atoms with E-state index in [1.54, 1.807) is 18.0 Å². The number of nitrogens with one attached hydrogen (secondary N) is 2. The van der Waals surface area contributed by atoms with Gasteiger partial charge in [-0.15, -0.1) is 11.8 Å². The molecule has 1 fully saturated rings. The van der Waals surface area contributed by atoms with Crippen molar-refractivity contribution >= 4 is 17.7 Å². The number of nitrogens with zero attached hydrogens (tertiary/aromatic N) is 1. The zero-order chi connectivity index (χ0) is 12.6. The Morgan fingerprint density at radius 2 is 2.50 bits per heavy atom. The van der Waals surface area contributed by atoms with Gasteiger partial charge in [-0.2, -0.15) is 0 Å². The average molecular weight is 265 g/mol. The number of amides is 1. The molecule has 98 valence electrons. The minimum atomic E-state index is 0.00771. The zero-order valence-corrected chi connectivity index (χ0v) is 11.2. The van der Waals surface area contributed by atoms with Gasteiger partial charge in [0.2, 0.25) is 5.91 Å². The van der Waals surface area contributed by atoms with Crippen LogP contribution in [-0.2, 0) is 11.2 Å². The standard InChI is InChI=1S/C13H19N3OS/c17-13(12-9-18-10-16-12)15-7-2-1-4-11-5-3-6-14-8-11/h3,5-6,8,12,16H,1-2,4,7,9-10H2,(H,15,17). The number of thioether (sulfide) groups is 1. The number of aryl methyl sites for hydroxylation is 1. The Balaban J connectivity index is 1.54. The second kappa shape index (κ2) is 7.38. The van der Waals surface area contributed by atoms with Crippen molar-refractivity contribution in [1.29, 1.82) is 0 Å². The summed E-state index contributed by atoms with van der Waals surface area (Å²) in [6, 6.07) is 4.06. The molecule has 1 aromatic rings. The second-order valence-electron chi connectivity index (χ2n) is 4.38. The lowest BCUT2D eigenvalue weighted by molar-refractivity contribution is -0.122. The van der Waals surface area contributed by atoms with Crippen LogP contribution in [-0.4, -0.2) is 35.1 Å². The third kappa shape index (κ3) is 4.31. The molecule has 0 bridgehead atoms. The summed E-state index contributed by atoms with van der Waals surface area (Å²) in [6.45, 7) is 0.766. The Morgan fingerprint density at radius 3 is 3.22 bits per heavy atom. The first kappa shape index (κ1) is 13.4. The van der Waals surface area contributed by atoms with E-state index < -0.39 is 0 Å². The van der Waals surface area contributed by atoms with E-state index >= 15 is 0 Å². The molecule has 1 unspecified atom stereocenters. The maximum Gasteiger partial charge on any atom is 0.238 e. The van der Waals surface area contributed by atoms with Crippen molar-refractivity contribution in [2.24, 2.45) is 0 Å².